The van der Waals surface area contributed by atoms with Crippen molar-refractivity contribution in [3.8, 4) is 0 Å². The molecular formula is C15H14FN3O2. The van der Waals surface area contributed by atoms with Gasteiger partial charge >= 0.3 is 0 Å². The number of carbonyl (C=O) groups excluding carboxylic acids is 1. The lowest BCUT2D eigenvalue weighted by Crippen LogP contribution is -2.24. The first-order chi connectivity index (χ1) is 10.1. The Labute approximate surface area is 120 Å². The summed E-state index contributed by atoms with van der Waals surface area (Å²) in [5.74, 6) is -0.826. The van der Waals surface area contributed by atoms with Crippen LogP contribution >= 0.6 is 0 Å². The molecule has 2 aromatic rings. The third kappa shape index (κ3) is 3.56. The zero-order valence-corrected chi connectivity index (χ0v) is 11.1. The largest absolute Gasteiger partial charge is 0.409 e. The molecule has 0 aromatic heterocycles. The summed E-state index contributed by atoms with van der Waals surface area (Å²) in [6.45, 7) is 0.0826. The maximum atomic E-state index is 13.4. The van der Waals surface area contributed by atoms with Crippen LogP contribution in [-0.4, -0.2) is 17.0 Å². The van der Waals surface area contributed by atoms with E-state index >= 15 is 0 Å². The first-order valence-electron chi connectivity index (χ1n) is 6.21. The van der Waals surface area contributed by atoms with Crippen LogP contribution in [0.4, 0.5) is 4.39 Å². The molecule has 0 heterocycles. The van der Waals surface area contributed by atoms with Crippen molar-refractivity contribution in [1.82, 2.24) is 5.32 Å². The van der Waals surface area contributed by atoms with Gasteiger partial charge in [-0.1, -0.05) is 35.5 Å². The summed E-state index contributed by atoms with van der Waals surface area (Å²) in [7, 11) is 0. The molecule has 21 heavy (non-hydrogen) atoms. The minimum Gasteiger partial charge on any atom is -0.409 e. The highest BCUT2D eigenvalue weighted by Crippen LogP contribution is 2.08. The molecule has 0 aliphatic carbocycles. The van der Waals surface area contributed by atoms with Crippen molar-refractivity contribution in [2.45, 2.75) is 6.54 Å². The lowest BCUT2D eigenvalue weighted by atomic mass is 10.1. The standard InChI is InChI=1S/C15H14FN3O2/c16-13-7-2-1-4-12(13)9-18-15(20)11-6-3-5-10(8-11)14(17)19-21/h1-8,21H,9H2,(H2,17,19)(H,18,20). The molecule has 1 amide bonds. The van der Waals surface area contributed by atoms with Gasteiger partial charge in [0.1, 0.15) is 5.82 Å². The molecule has 0 radical (unpaired) electrons. The van der Waals surface area contributed by atoms with Gasteiger partial charge in [-0.05, 0) is 18.2 Å². The Morgan fingerprint density at radius 2 is 1.90 bits per heavy atom. The van der Waals surface area contributed by atoms with Crippen LogP contribution in [0.1, 0.15) is 21.5 Å². The average Bonchev–Trinajstić information content (AvgIpc) is 2.53. The van der Waals surface area contributed by atoms with E-state index in [-0.39, 0.29) is 24.1 Å². The number of amides is 1. The van der Waals surface area contributed by atoms with E-state index in [0.29, 0.717) is 16.7 Å². The number of nitrogens with zero attached hydrogens (tertiary/aromatic N) is 1. The van der Waals surface area contributed by atoms with Gasteiger partial charge in [-0.15, -0.1) is 0 Å². The van der Waals surface area contributed by atoms with Gasteiger partial charge in [0.25, 0.3) is 5.91 Å². The Kier molecular flexibility index (Phi) is 4.50. The minimum absolute atomic E-state index is 0.0826. The molecule has 6 heteroatoms. The molecule has 0 aliphatic rings. The molecule has 5 nitrogen and oxygen atoms in total. The first kappa shape index (κ1) is 14.5. The summed E-state index contributed by atoms with van der Waals surface area (Å²) in [5.41, 5.74) is 6.64. The second-order valence-corrected chi connectivity index (χ2v) is 4.34. The van der Waals surface area contributed by atoms with E-state index in [9.17, 15) is 9.18 Å². The minimum atomic E-state index is -0.372. The fourth-order valence-corrected chi connectivity index (χ4v) is 1.80. The van der Waals surface area contributed by atoms with Gasteiger partial charge in [-0.25, -0.2) is 4.39 Å². The molecule has 0 saturated carbocycles. The van der Waals surface area contributed by atoms with Crippen LogP contribution in [0.25, 0.3) is 0 Å². The molecular weight excluding hydrogens is 273 g/mol. The average molecular weight is 287 g/mol. The number of benzene rings is 2. The molecule has 0 atom stereocenters. The van der Waals surface area contributed by atoms with Crippen LogP contribution in [0, 0.1) is 5.82 Å². The van der Waals surface area contributed by atoms with Crippen molar-refractivity contribution < 1.29 is 14.4 Å². The topological polar surface area (TPSA) is 87.7 Å². The first-order valence-corrected chi connectivity index (χ1v) is 6.21. The van der Waals surface area contributed by atoms with Crippen molar-refractivity contribution in [2.75, 3.05) is 0 Å². The predicted molar refractivity (Wildman–Crippen MR) is 76.5 cm³/mol. The number of hydrogen-bond donors (Lipinski definition) is 3. The molecule has 0 unspecified atom stereocenters. The van der Waals surface area contributed by atoms with Crippen LogP contribution in [-0.2, 0) is 6.54 Å². The number of rotatable bonds is 4. The Hall–Kier alpha value is -2.89. The molecule has 0 fully saturated rings. The van der Waals surface area contributed by atoms with E-state index < -0.39 is 0 Å². The Balaban J connectivity index is 2.09. The van der Waals surface area contributed by atoms with Gasteiger partial charge in [-0.3, -0.25) is 4.79 Å². The number of hydrogen-bond acceptors (Lipinski definition) is 3. The van der Waals surface area contributed by atoms with Crippen LogP contribution in [0.15, 0.2) is 53.7 Å². The molecule has 0 bridgehead atoms. The molecule has 108 valence electrons. The summed E-state index contributed by atoms with van der Waals surface area (Å²) in [6.07, 6.45) is 0. The maximum Gasteiger partial charge on any atom is 0.251 e. The monoisotopic (exact) mass is 287 g/mol. The van der Waals surface area contributed by atoms with Gasteiger partial charge < -0.3 is 16.3 Å². The van der Waals surface area contributed by atoms with Gasteiger partial charge in [0, 0.05) is 23.2 Å². The van der Waals surface area contributed by atoms with E-state index in [1.165, 1.54) is 12.1 Å². The summed E-state index contributed by atoms with van der Waals surface area (Å²) < 4.78 is 13.4. The number of carbonyl (C=O) groups is 1. The van der Waals surface area contributed by atoms with Crippen molar-refractivity contribution >= 4 is 11.7 Å². The SMILES string of the molecule is N/C(=N\O)c1cccc(C(=O)NCc2ccccc2F)c1. The lowest BCUT2D eigenvalue weighted by molar-refractivity contribution is 0.0950. The van der Waals surface area contributed by atoms with Crippen molar-refractivity contribution in [2.24, 2.45) is 10.9 Å². The Morgan fingerprint density at radius 1 is 1.19 bits per heavy atom. The predicted octanol–water partition coefficient (Wildman–Crippen LogP) is 1.85. The van der Waals surface area contributed by atoms with Gasteiger partial charge in [0.05, 0.1) is 0 Å². The lowest BCUT2D eigenvalue weighted by Gasteiger charge is -2.07. The number of amidine groups is 1. The fourth-order valence-electron chi connectivity index (χ4n) is 1.80. The van der Waals surface area contributed by atoms with E-state index in [4.69, 9.17) is 10.9 Å². The molecule has 0 spiro atoms. The Morgan fingerprint density at radius 3 is 2.62 bits per heavy atom. The van der Waals surface area contributed by atoms with Gasteiger partial charge in [0.2, 0.25) is 0 Å². The van der Waals surface area contributed by atoms with Crippen LogP contribution < -0.4 is 11.1 Å². The molecule has 0 aliphatic heterocycles. The Bertz CT molecular complexity index is 686. The molecule has 0 saturated heterocycles. The summed E-state index contributed by atoms with van der Waals surface area (Å²) >= 11 is 0. The van der Waals surface area contributed by atoms with Crippen LogP contribution in [0.3, 0.4) is 0 Å². The summed E-state index contributed by atoms with van der Waals surface area (Å²) in [4.78, 5) is 12.0. The maximum absolute atomic E-state index is 13.4. The van der Waals surface area contributed by atoms with E-state index in [1.807, 2.05) is 0 Å². The third-order valence-electron chi connectivity index (χ3n) is 2.93. The normalized spacial score (nSPS) is 11.2. The van der Waals surface area contributed by atoms with E-state index in [1.54, 1.807) is 36.4 Å². The second-order valence-electron chi connectivity index (χ2n) is 4.34. The van der Waals surface area contributed by atoms with Crippen LogP contribution in [0.5, 0.6) is 0 Å². The van der Waals surface area contributed by atoms with E-state index in [2.05, 4.69) is 10.5 Å². The van der Waals surface area contributed by atoms with Gasteiger partial charge in [0.15, 0.2) is 5.84 Å². The fraction of sp³-hybridized carbons (Fsp3) is 0.0667. The van der Waals surface area contributed by atoms with Gasteiger partial charge in [-0.2, -0.15) is 0 Å². The van der Waals surface area contributed by atoms with E-state index in [0.717, 1.165) is 0 Å². The quantitative estimate of drug-likeness (QED) is 0.347. The number of nitrogens with one attached hydrogen (secondary N) is 1. The van der Waals surface area contributed by atoms with Crippen LogP contribution in [0.2, 0.25) is 0 Å². The second kappa shape index (κ2) is 6.51. The zero-order chi connectivity index (χ0) is 15.2. The number of oxime groups is 1. The molecule has 4 N–H and O–H groups in total. The van der Waals surface area contributed by atoms with Crippen molar-refractivity contribution in [1.29, 1.82) is 0 Å². The highest BCUT2D eigenvalue weighted by molar-refractivity contribution is 6.01. The zero-order valence-electron chi connectivity index (χ0n) is 11.1. The number of halogens is 1. The third-order valence-corrected chi connectivity index (χ3v) is 2.93. The molecule has 2 aromatic carbocycles. The number of nitrogens with two attached hydrogens (primary N) is 1. The highest BCUT2D eigenvalue weighted by Gasteiger charge is 2.09. The highest BCUT2D eigenvalue weighted by atomic mass is 19.1. The smallest absolute Gasteiger partial charge is 0.251 e. The van der Waals surface area contributed by atoms with Crippen molar-refractivity contribution in [3.63, 3.8) is 0 Å². The summed E-state index contributed by atoms with van der Waals surface area (Å²) in [5, 5.41) is 14.1. The van der Waals surface area contributed by atoms with Crippen molar-refractivity contribution in [3.05, 3.63) is 71.0 Å². The summed E-state index contributed by atoms with van der Waals surface area (Å²) in [6, 6.07) is 12.5. The molecule has 2 rings (SSSR count).